The molecule has 5 fully saturated rings. The highest BCUT2D eigenvalue weighted by molar-refractivity contribution is 5.82. The van der Waals surface area contributed by atoms with Crippen LogP contribution in [-0.4, -0.2) is 32.0 Å². The third-order valence-electron chi connectivity index (χ3n) is 12.2. The van der Waals surface area contributed by atoms with Crippen LogP contribution in [0.2, 0.25) is 0 Å². The van der Waals surface area contributed by atoms with E-state index in [4.69, 9.17) is 9.97 Å². The average Bonchev–Trinajstić information content (AvgIpc) is 3.63. The van der Waals surface area contributed by atoms with Crippen LogP contribution in [0.1, 0.15) is 91.6 Å². The SMILES string of the molecule is c1cc(-c2ccc(-c3ccc(-c4cnc([C@@H]5CC6CC6N5)[nH]4)cc3)c3c2C2CCC3C2)ccc1-c1cnc(C2CC3CC3N2)[nH]1. The van der Waals surface area contributed by atoms with Gasteiger partial charge >= 0.3 is 0 Å². The van der Waals surface area contributed by atoms with Crippen molar-refractivity contribution in [2.75, 3.05) is 0 Å². The highest BCUT2D eigenvalue weighted by Gasteiger charge is 2.47. The van der Waals surface area contributed by atoms with E-state index in [1.54, 1.807) is 11.1 Å². The van der Waals surface area contributed by atoms with E-state index in [2.05, 4.69) is 81.3 Å². The van der Waals surface area contributed by atoms with E-state index in [1.807, 2.05) is 12.4 Å². The van der Waals surface area contributed by atoms with Crippen molar-refractivity contribution in [3.63, 3.8) is 0 Å². The average molecular weight is 591 g/mol. The molecular formula is C39H38N6. The molecular weight excluding hydrogens is 552 g/mol. The van der Waals surface area contributed by atoms with Gasteiger partial charge < -0.3 is 20.6 Å². The van der Waals surface area contributed by atoms with Gasteiger partial charge in [0.1, 0.15) is 11.6 Å². The van der Waals surface area contributed by atoms with Crippen LogP contribution in [-0.2, 0) is 0 Å². The second kappa shape index (κ2) is 9.27. The fourth-order valence-corrected chi connectivity index (χ4v) is 9.57. The van der Waals surface area contributed by atoms with Gasteiger partial charge in [-0.1, -0.05) is 60.7 Å². The molecule has 4 aliphatic carbocycles. The Bertz CT molecular complexity index is 1790. The number of aromatic nitrogens is 4. The summed E-state index contributed by atoms with van der Waals surface area (Å²) in [6.07, 6.45) is 13.1. The third kappa shape index (κ3) is 4.01. The molecule has 8 atom stereocenters. The summed E-state index contributed by atoms with van der Waals surface area (Å²) in [5.74, 6) is 5.27. The maximum absolute atomic E-state index is 4.74. The van der Waals surface area contributed by atoms with Crippen molar-refractivity contribution in [2.45, 2.75) is 80.9 Å². The second-order valence-electron chi connectivity index (χ2n) is 14.8. The maximum Gasteiger partial charge on any atom is 0.123 e. The first-order valence-electron chi connectivity index (χ1n) is 17.2. The summed E-state index contributed by atoms with van der Waals surface area (Å²) in [6.45, 7) is 0. The second-order valence-corrected chi connectivity index (χ2v) is 14.8. The van der Waals surface area contributed by atoms with E-state index in [0.717, 1.165) is 47.0 Å². The number of aromatic amines is 2. The van der Waals surface area contributed by atoms with Crippen molar-refractivity contribution < 1.29 is 0 Å². The molecule has 2 bridgehead atoms. The van der Waals surface area contributed by atoms with E-state index < -0.39 is 0 Å². The summed E-state index contributed by atoms with van der Waals surface area (Å²) in [6, 6.07) is 25.4. The topological polar surface area (TPSA) is 81.4 Å². The lowest BCUT2D eigenvalue weighted by Crippen LogP contribution is -2.18. The first kappa shape index (κ1) is 25.2. The molecule has 2 aromatic heterocycles. The summed E-state index contributed by atoms with van der Waals surface area (Å²) in [7, 11) is 0. The molecule has 6 nitrogen and oxygen atoms in total. The number of rotatable bonds is 6. The van der Waals surface area contributed by atoms with Crippen molar-refractivity contribution in [2.24, 2.45) is 11.8 Å². The van der Waals surface area contributed by atoms with E-state index >= 15 is 0 Å². The van der Waals surface area contributed by atoms with Gasteiger partial charge in [0.2, 0.25) is 0 Å². The summed E-state index contributed by atoms with van der Waals surface area (Å²) < 4.78 is 0. The number of piperidine rings is 2. The van der Waals surface area contributed by atoms with E-state index in [9.17, 15) is 0 Å². The Morgan fingerprint density at radius 3 is 1.36 bits per heavy atom. The number of fused-ring (bicyclic) bond motifs is 7. The summed E-state index contributed by atoms with van der Waals surface area (Å²) in [5, 5.41) is 7.43. The lowest BCUT2D eigenvalue weighted by atomic mass is 9.81. The van der Waals surface area contributed by atoms with E-state index in [-0.39, 0.29) is 0 Å². The van der Waals surface area contributed by atoms with Gasteiger partial charge in [-0.25, -0.2) is 9.97 Å². The van der Waals surface area contributed by atoms with Crippen molar-refractivity contribution in [1.29, 1.82) is 0 Å². The van der Waals surface area contributed by atoms with Gasteiger partial charge in [-0.15, -0.1) is 0 Å². The Labute approximate surface area is 263 Å². The molecule has 45 heavy (non-hydrogen) atoms. The van der Waals surface area contributed by atoms with Gasteiger partial charge in [0.15, 0.2) is 0 Å². The molecule has 4 N–H and O–H groups in total. The van der Waals surface area contributed by atoms with Crippen LogP contribution in [0, 0.1) is 11.8 Å². The Balaban J connectivity index is 0.876. The molecule has 2 aliphatic heterocycles. The van der Waals surface area contributed by atoms with Crippen molar-refractivity contribution >= 4 is 0 Å². The van der Waals surface area contributed by atoms with Crippen molar-refractivity contribution in [3.05, 3.63) is 95.8 Å². The summed E-state index contributed by atoms with van der Waals surface area (Å²) in [4.78, 5) is 16.7. The Hall–Kier alpha value is -4.00. The molecule has 224 valence electrons. The van der Waals surface area contributed by atoms with E-state index in [1.165, 1.54) is 78.3 Å². The molecule has 0 amide bonds. The van der Waals surface area contributed by atoms with Gasteiger partial charge in [0.25, 0.3) is 0 Å². The van der Waals surface area contributed by atoms with Gasteiger partial charge in [0, 0.05) is 12.1 Å². The number of hydrogen-bond acceptors (Lipinski definition) is 4. The summed E-state index contributed by atoms with van der Waals surface area (Å²) >= 11 is 0. The highest BCUT2D eigenvalue weighted by atomic mass is 15.1. The first-order chi connectivity index (χ1) is 22.2. The number of benzene rings is 3. The molecule has 6 heteroatoms. The van der Waals surface area contributed by atoms with E-state index in [0.29, 0.717) is 23.9 Å². The number of H-pyrrole nitrogens is 2. The molecule has 5 aromatic rings. The van der Waals surface area contributed by atoms with Crippen LogP contribution in [0.15, 0.2) is 73.1 Å². The standard InChI is InChI=1S/C39H38N6/c1-5-22(34-18-40-38(44-34)32-16-26-14-30(26)42-32)6-2-20(1)28-11-12-29(37-25-10-9-24(13-25)36(28)37)21-3-7-23(8-4-21)35-19-41-39(45-35)33-17-27-15-31(27)43-33/h1-8,11-12,18-19,24-27,30-33,42-43H,9-10,13-17H2,(H,40,44)(H,41,45)/t24?,25?,26?,27?,30?,31?,32-,33?/m0/s1. The Morgan fingerprint density at radius 2 is 0.933 bits per heavy atom. The molecule has 2 saturated heterocycles. The first-order valence-corrected chi connectivity index (χ1v) is 17.2. The Kier molecular flexibility index (Phi) is 5.20. The highest BCUT2D eigenvalue weighted by Crippen LogP contribution is 2.58. The number of imidazole rings is 2. The summed E-state index contributed by atoms with van der Waals surface area (Å²) in [5.41, 5.74) is 13.3. The largest absolute Gasteiger partial charge is 0.341 e. The Morgan fingerprint density at radius 1 is 0.489 bits per heavy atom. The minimum absolute atomic E-state index is 0.386. The number of nitrogens with zero attached hydrogens (tertiary/aromatic N) is 2. The fraction of sp³-hybridized carbons (Fsp3) is 0.385. The van der Waals surface area contributed by atoms with Gasteiger partial charge in [0.05, 0.1) is 35.9 Å². The van der Waals surface area contributed by atoms with Gasteiger partial charge in [-0.2, -0.15) is 0 Å². The zero-order valence-corrected chi connectivity index (χ0v) is 25.4. The van der Waals surface area contributed by atoms with Crippen LogP contribution in [0.3, 0.4) is 0 Å². The zero-order chi connectivity index (χ0) is 29.2. The zero-order valence-electron chi connectivity index (χ0n) is 25.4. The van der Waals surface area contributed by atoms with Crippen molar-refractivity contribution in [3.8, 4) is 44.8 Å². The molecule has 11 rings (SSSR count). The fourth-order valence-electron chi connectivity index (χ4n) is 9.57. The van der Waals surface area contributed by atoms with Crippen LogP contribution >= 0.6 is 0 Å². The molecule has 7 unspecified atom stereocenters. The van der Waals surface area contributed by atoms with Gasteiger partial charge in [-0.05, 0) is 113 Å². The minimum atomic E-state index is 0.386. The normalized spacial score (nSPS) is 31.6. The monoisotopic (exact) mass is 590 g/mol. The van der Waals surface area contributed by atoms with Crippen LogP contribution in [0.4, 0.5) is 0 Å². The number of nitrogens with one attached hydrogen (secondary N) is 4. The smallest absolute Gasteiger partial charge is 0.123 e. The van der Waals surface area contributed by atoms with Gasteiger partial charge in [-0.3, -0.25) is 0 Å². The van der Waals surface area contributed by atoms with Crippen LogP contribution in [0.5, 0.6) is 0 Å². The van der Waals surface area contributed by atoms with Crippen molar-refractivity contribution in [1.82, 2.24) is 30.6 Å². The molecule has 0 radical (unpaired) electrons. The molecule has 6 aliphatic rings. The predicted molar refractivity (Wildman–Crippen MR) is 177 cm³/mol. The molecule has 0 spiro atoms. The molecule has 4 heterocycles. The maximum atomic E-state index is 4.74. The van der Waals surface area contributed by atoms with Crippen LogP contribution < -0.4 is 10.6 Å². The minimum Gasteiger partial charge on any atom is -0.341 e. The lowest BCUT2D eigenvalue weighted by Gasteiger charge is -2.23. The quantitative estimate of drug-likeness (QED) is 0.161. The molecule has 3 saturated carbocycles. The third-order valence-corrected chi connectivity index (χ3v) is 12.2. The van der Waals surface area contributed by atoms with Crippen LogP contribution in [0.25, 0.3) is 44.8 Å². The lowest BCUT2D eigenvalue weighted by molar-refractivity contribution is 0.543. The predicted octanol–water partition coefficient (Wildman–Crippen LogP) is 8.01. The number of hydrogen-bond donors (Lipinski definition) is 4. The molecule has 3 aromatic carbocycles.